The largest absolute Gasteiger partial charge is 0.485 e. The van der Waals surface area contributed by atoms with E-state index in [0.717, 1.165) is 0 Å². The average Bonchev–Trinajstić information content (AvgIpc) is 2.25. The Labute approximate surface area is 114 Å². The predicted octanol–water partition coefficient (Wildman–Crippen LogP) is 4.05. The van der Waals surface area contributed by atoms with Crippen LogP contribution in [0.5, 0.6) is 5.75 Å². The summed E-state index contributed by atoms with van der Waals surface area (Å²) >= 11 is 3.14. The number of halogens is 3. The number of hydrogen-bond donors (Lipinski definition) is 0. The Balaban J connectivity index is 2.57. The molecule has 0 radical (unpaired) electrons. The zero-order valence-electron chi connectivity index (χ0n) is 10.7. The second-order valence-corrected chi connectivity index (χ2v) is 5.39. The highest BCUT2D eigenvalue weighted by atomic mass is 79.9. The Morgan fingerprint density at radius 2 is 1.67 bits per heavy atom. The average molecular weight is 323 g/mol. The molecule has 0 saturated carbocycles. The molecule has 0 fully saturated rings. The first kappa shape index (κ1) is 15.4. The lowest BCUT2D eigenvalue weighted by molar-refractivity contribution is -0.0170. The van der Waals surface area contributed by atoms with Crippen molar-refractivity contribution < 1.29 is 18.3 Å². The van der Waals surface area contributed by atoms with Gasteiger partial charge in [-0.1, -0.05) is 15.9 Å². The molecule has 2 nitrogen and oxygen atoms in total. The van der Waals surface area contributed by atoms with Gasteiger partial charge in [0.2, 0.25) is 0 Å². The second-order valence-electron chi connectivity index (χ2n) is 4.83. The molecular formula is C13H17BrF2O2. The first-order chi connectivity index (χ1) is 8.33. The third-order valence-corrected chi connectivity index (χ3v) is 2.72. The molecule has 5 heteroatoms. The minimum absolute atomic E-state index is 0.110. The lowest BCUT2D eigenvalue weighted by atomic mass is 10.2. The van der Waals surface area contributed by atoms with Gasteiger partial charge in [-0.05, 0) is 38.5 Å². The van der Waals surface area contributed by atoms with Gasteiger partial charge in [0.25, 0.3) is 0 Å². The Morgan fingerprint density at radius 3 is 2.11 bits per heavy atom. The van der Waals surface area contributed by atoms with Crippen LogP contribution >= 0.6 is 15.9 Å². The van der Waals surface area contributed by atoms with Crippen molar-refractivity contribution in [2.24, 2.45) is 0 Å². The lowest BCUT2D eigenvalue weighted by Crippen LogP contribution is -2.22. The van der Waals surface area contributed by atoms with Crippen molar-refractivity contribution in [2.45, 2.75) is 31.7 Å². The van der Waals surface area contributed by atoms with Gasteiger partial charge in [-0.25, -0.2) is 8.78 Å². The molecule has 0 aliphatic carbocycles. The van der Waals surface area contributed by atoms with Crippen LogP contribution < -0.4 is 4.74 Å². The normalized spacial score (nSPS) is 11.7. The van der Waals surface area contributed by atoms with E-state index >= 15 is 0 Å². The second kappa shape index (κ2) is 6.48. The van der Waals surface area contributed by atoms with E-state index in [0.29, 0.717) is 10.9 Å². The summed E-state index contributed by atoms with van der Waals surface area (Å²) in [6, 6.07) is 2.50. The molecule has 0 N–H and O–H groups in total. The fourth-order valence-corrected chi connectivity index (χ4v) is 1.64. The number of alkyl halides is 1. The third kappa shape index (κ3) is 4.90. The van der Waals surface area contributed by atoms with Crippen LogP contribution in [0.25, 0.3) is 0 Å². The molecule has 1 rings (SSSR count). The van der Waals surface area contributed by atoms with Crippen LogP contribution in [0.15, 0.2) is 12.1 Å². The van der Waals surface area contributed by atoms with E-state index in [9.17, 15) is 8.78 Å². The molecule has 102 valence electrons. The van der Waals surface area contributed by atoms with Crippen LogP contribution in [0.4, 0.5) is 8.78 Å². The van der Waals surface area contributed by atoms with E-state index < -0.39 is 11.6 Å². The number of ether oxygens (including phenoxy) is 2. The minimum Gasteiger partial charge on any atom is -0.485 e. The smallest absolute Gasteiger partial charge is 0.190 e. The van der Waals surface area contributed by atoms with Crippen LogP contribution in [-0.2, 0) is 10.1 Å². The standard InChI is InChI=1S/C13H17BrF2O2/c1-13(2,3)18-5-4-17-12-10(15)6-9(8-14)7-11(12)16/h6-7H,4-5,8H2,1-3H3. The van der Waals surface area contributed by atoms with Gasteiger partial charge in [0.05, 0.1) is 12.2 Å². The van der Waals surface area contributed by atoms with E-state index in [2.05, 4.69) is 15.9 Å². The molecule has 0 bridgehead atoms. The first-order valence-electron chi connectivity index (χ1n) is 5.64. The molecule has 0 aromatic heterocycles. The van der Waals surface area contributed by atoms with Crippen LogP contribution in [0, 0.1) is 11.6 Å². The van der Waals surface area contributed by atoms with E-state index in [-0.39, 0.29) is 24.6 Å². The highest BCUT2D eigenvalue weighted by molar-refractivity contribution is 9.08. The molecule has 0 heterocycles. The Hall–Kier alpha value is -0.680. The monoisotopic (exact) mass is 322 g/mol. The molecule has 0 atom stereocenters. The van der Waals surface area contributed by atoms with Gasteiger partial charge >= 0.3 is 0 Å². The molecule has 0 unspecified atom stereocenters. The summed E-state index contributed by atoms with van der Waals surface area (Å²) in [5, 5.41) is 0.397. The molecule has 0 aliphatic rings. The molecular weight excluding hydrogens is 306 g/mol. The van der Waals surface area contributed by atoms with E-state index in [1.165, 1.54) is 12.1 Å². The van der Waals surface area contributed by atoms with Crippen molar-refractivity contribution in [3.05, 3.63) is 29.3 Å². The Bertz CT molecular complexity index is 379. The van der Waals surface area contributed by atoms with Crippen LogP contribution in [0.2, 0.25) is 0 Å². The maximum absolute atomic E-state index is 13.5. The molecule has 18 heavy (non-hydrogen) atoms. The quantitative estimate of drug-likeness (QED) is 0.601. The highest BCUT2D eigenvalue weighted by Gasteiger charge is 2.13. The number of rotatable bonds is 5. The van der Waals surface area contributed by atoms with Gasteiger partial charge < -0.3 is 9.47 Å². The van der Waals surface area contributed by atoms with Crippen LogP contribution in [0.3, 0.4) is 0 Å². The Kier molecular flexibility index (Phi) is 5.53. The van der Waals surface area contributed by atoms with Crippen molar-refractivity contribution in [3.63, 3.8) is 0 Å². The van der Waals surface area contributed by atoms with E-state index in [1.54, 1.807) is 0 Å². The van der Waals surface area contributed by atoms with E-state index in [1.807, 2.05) is 20.8 Å². The summed E-state index contributed by atoms with van der Waals surface area (Å²) in [6.07, 6.45) is 0. The van der Waals surface area contributed by atoms with Gasteiger partial charge in [-0.2, -0.15) is 0 Å². The molecule has 0 aliphatic heterocycles. The zero-order valence-corrected chi connectivity index (χ0v) is 12.3. The van der Waals surface area contributed by atoms with Crippen molar-refractivity contribution in [3.8, 4) is 5.75 Å². The van der Waals surface area contributed by atoms with Crippen molar-refractivity contribution >= 4 is 15.9 Å². The van der Waals surface area contributed by atoms with E-state index in [4.69, 9.17) is 9.47 Å². The number of hydrogen-bond acceptors (Lipinski definition) is 2. The molecule has 0 spiro atoms. The summed E-state index contributed by atoms with van der Waals surface area (Å²) in [5.41, 5.74) is 0.239. The van der Waals surface area contributed by atoms with Gasteiger partial charge in [0.15, 0.2) is 17.4 Å². The fraction of sp³-hybridized carbons (Fsp3) is 0.538. The fourth-order valence-electron chi connectivity index (χ4n) is 1.32. The lowest BCUT2D eigenvalue weighted by Gasteiger charge is -2.19. The van der Waals surface area contributed by atoms with Crippen LogP contribution in [0.1, 0.15) is 26.3 Å². The summed E-state index contributed by atoms with van der Waals surface area (Å²) < 4.78 is 37.5. The van der Waals surface area contributed by atoms with Crippen molar-refractivity contribution in [1.29, 1.82) is 0 Å². The highest BCUT2D eigenvalue weighted by Crippen LogP contribution is 2.24. The topological polar surface area (TPSA) is 18.5 Å². The summed E-state index contributed by atoms with van der Waals surface area (Å²) in [6.45, 7) is 6.10. The minimum atomic E-state index is -0.694. The maximum atomic E-state index is 13.5. The Morgan fingerprint density at radius 1 is 1.11 bits per heavy atom. The van der Waals surface area contributed by atoms with Gasteiger partial charge in [0.1, 0.15) is 6.61 Å². The maximum Gasteiger partial charge on any atom is 0.190 e. The first-order valence-corrected chi connectivity index (χ1v) is 6.76. The van der Waals surface area contributed by atoms with Crippen molar-refractivity contribution in [2.75, 3.05) is 13.2 Å². The molecule has 0 amide bonds. The predicted molar refractivity (Wildman–Crippen MR) is 70.2 cm³/mol. The van der Waals surface area contributed by atoms with Gasteiger partial charge in [0, 0.05) is 5.33 Å². The summed E-state index contributed by atoms with van der Waals surface area (Å²) in [5.74, 6) is -1.74. The SMILES string of the molecule is CC(C)(C)OCCOc1c(F)cc(CBr)cc1F. The molecule has 0 saturated heterocycles. The molecule has 1 aromatic rings. The third-order valence-electron chi connectivity index (χ3n) is 2.08. The summed E-state index contributed by atoms with van der Waals surface area (Å²) in [7, 11) is 0. The summed E-state index contributed by atoms with van der Waals surface area (Å²) in [4.78, 5) is 0. The van der Waals surface area contributed by atoms with Crippen LogP contribution in [-0.4, -0.2) is 18.8 Å². The zero-order chi connectivity index (χ0) is 13.8. The number of benzene rings is 1. The van der Waals surface area contributed by atoms with Gasteiger partial charge in [-0.15, -0.1) is 0 Å². The molecule has 1 aromatic carbocycles. The van der Waals surface area contributed by atoms with Gasteiger partial charge in [-0.3, -0.25) is 0 Å². The van der Waals surface area contributed by atoms with Crippen molar-refractivity contribution in [1.82, 2.24) is 0 Å².